The molecule has 3 aromatic rings. The van der Waals surface area contributed by atoms with Gasteiger partial charge in [0.25, 0.3) is 15.9 Å². The molecule has 1 amide bonds. The Labute approximate surface area is 193 Å². The molecule has 0 aliphatic carbocycles. The monoisotopic (exact) mass is 469 g/mol. The van der Waals surface area contributed by atoms with Crippen LogP contribution in [0.15, 0.2) is 58.2 Å². The van der Waals surface area contributed by atoms with Crippen LogP contribution in [0.4, 0.5) is 0 Å². The Hall–Kier alpha value is -3.17. The van der Waals surface area contributed by atoms with E-state index in [0.29, 0.717) is 19.0 Å². The number of hydrogen-bond acceptors (Lipinski definition) is 6. The summed E-state index contributed by atoms with van der Waals surface area (Å²) in [5.41, 5.74) is 2.88. The van der Waals surface area contributed by atoms with E-state index in [4.69, 9.17) is 9.15 Å². The van der Waals surface area contributed by atoms with Gasteiger partial charge in [-0.1, -0.05) is 24.6 Å². The molecule has 1 N–H and O–H groups in total. The van der Waals surface area contributed by atoms with E-state index in [9.17, 15) is 13.2 Å². The van der Waals surface area contributed by atoms with Crippen LogP contribution in [-0.2, 0) is 16.6 Å². The molecular weight excluding hydrogens is 442 g/mol. The van der Waals surface area contributed by atoms with Gasteiger partial charge in [-0.3, -0.25) is 4.79 Å². The van der Waals surface area contributed by atoms with E-state index in [1.807, 2.05) is 38.1 Å². The maximum Gasteiger partial charge on any atom is 0.287 e. The lowest BCUT2D eigenvalue weighted by atomic mass is 10.1. The average molecular weight is 470 g/mol. The number of sulfonamides is 1. The summed E-state index contributed by atoms with van der Waals surface area (Å²) in [6.07, 6.45) is 4.30. The molecule has 1 fully saturated rings. The van der Waals surface area contributed by atoms with Crippen LogP contribution in [0.1, 0.15) is 46.5 Å². The third kappa shape index (κ3) is 5.43. The van der Waals surface area contributed by atoms with Crippen LogP contribution in [0.5, 0.6) is 11.6 Å². The molecule has 2 aromatic heterocycles. The number of piperidine rings is 1. The van der Waals surface area contributed by atoms with Crippen molar-refractivity contribution in [2.75, 3.05) is 13.1 Å². The van der Waals surface area contributed by atoms with Crippen molar-refractivity contribution >= 4 is 15.9 Å². The number of aryl methyl sites for hydroxylation is 2. The molecule has 33 heavy (non-hydrogen) atoms. The molecule has 1 aromatic carbocycles. The zero-order valence-corrected chi connectivity index (χ0v) is 19.5. The third-order valence-corrected chi connectivity index (χ3v) is 7.30. The number of rotatable bonds is 7. The lowest BCUT2D eigenvalue weighted by molar-refractivity contribution is 0.0917. The average Bonchev–Trinajstić information content (AvgIpc) is 3.33. The number of carbonyl (C=O) groups excluding carboxylic acids is 1. The van der Waals surface area contributed by atoms with Crippen LogP contribution < -0.4 is 10.1 Å². The van der Waals surface area contributed by atoms with E-state index in [1.165, 1.54) is 16.4 Å². The van der Waals surface area contributed by atoms with Crippen LogP contribution in [-0.4, -0.2) is 36.7 Å². The molecule has 8 nitrogen and oxygen atoms in total. The predicted molar refractivity (Wildman–Crippen MR) is 123 cm³/mol. The minimum absolute atomic E-state index is 0.0478. The fourth-order valence-corrected chi connectivity index (χ4v) is 5.02. The number of amides is 1. The largest absolute Gasteiger partial charge is 0.439 e. The number of ether oxygens (including phenoxy) is 1. The van der Waals surface area contributed by atoms with Gasteiger partial charge in [-0.05, 0) is 61.6 Å². The van der Waals surface area contributed by atoms with E-state index in [1.54, 1.807) is 12.3 Å². The van der Waals surface area contributed by atoms with Gasteiger partial charge < -0.3 is 14.5 Å². The Kier molecular flexibility index (Phi) is 6.80. The summed E-state index contributed by atoms with van der Waals surface area (Å²) in [5.74, 6) is 0.660. The molecule has 0 bridgehead atoms. The van der Waals surface area contributed by atoms with Crippen molar-refractivity contribution in [3.8, 4) is 11.6 Å². The van der Waals surface area contributed by atoms with Gasteiger partial charge >= 0.3 is 0 Å². The second-order valence-corrected chi connectivity index (χ2v) is 10.0. The molecule has 0 radical (unpaired) electrons. The van der Waals surface area contributed by atoms with E-state index < -0.39 is 15.9 Å². The first kappa shape index (κ1) is 23.0. The molecule has 0 unspecified atom stereocenters. The topological polar surface area (TPSA) is 102 Å². The Morgan fingerprint density at radius 2 is 1.88 bits per heavy atom. The summed E-state index contributed by atoms with van der Waals surface area (Å²) >= 11 is 0. The summed E-state index contributed by atoms with van der Waals surface area (Å²) in [6, 6.07) is 12.2. The zero-order valence-electron chi connectivity index (χ0n) is 18.7. The minimum atomic E-state index is -3.72. The van der Waals surface area contributed by atoms with E-state index in [-0.39, 0.29) is 17.4 Å². The second-order valence-electron chi connectivity index (χ2n) is 8.14. The van der Waals surface area contributed by atoms with Gasteiger partial charge in [-0.2, -0.15) is 4.31 Å². The number of nitrogens with zero attached hydrogens (tertiary/aromatic N) is 2. The Bertz CT molecular complexity index is 1230. The molecule has 0 spiro atoms. The molecular formula is C24H27N3O5S. The summed E-state index contributed by atoms with van der Waals surface area (Å²) in [4.78, 5) is 16.8. The van der Waals surface area contributed by atoms with E-state index in [0.717, 1.165) is 41.7 Å². The summed E-state index contributed by atoms with van der Waals surface area (Å²) < 4.78 is 38.0. The van der Waals surface area contributed by atoms with Gasteiger partial charge in [0.05, 0.1) is 0 Å². The molecule has 9 heteroatoms. The molecule has 3 heterocycles. The molecule has 1 saturated heterocycles. The van der Waals surface area contributed by atoms with Gasteiger partial charge in [-0.15, -0.1) is 0 Å². The summed E-state index contributed by atoms with van der Waals surface area (Å²) in [5, 5.41) is 2.52. The molecule has 1 aliphatic rings. The smallest absolute Gasteiger partial charge is 0.287 e. The fraction of sp³-hybridized carbons (Fsp3) is 0.333. The van der Waals surface area contributed by atoms with Gasteiger partial charge in [0, 0.05) is 31.9 Å². The van der Waals surface area contributed by atoms with Gasteiger partial charge in [0.2, 0.25) is 11.0 Å². The fourth-order valence-electron chi connectivity index (χ4n) is 3.59. The highest BCUT2D eigenvalue weighted by atomic mass is 32.2. The Morgan fingerprint density at radius 1 is 1.09 bits per heavy atom. The van der Waals surface area contributed by atoms with Gasteiger partial charge in [0.1, 0.15) is 5.75 Å². The zero-order chi connectivity index (χ0) is 23.4. The maximum absolute atomic E-state index is 12.7. The van der Waals surface area contributed by atoms with Crippen LogP contribution in [0.3, 0.4) is 0 Å². The van der Waals surface area contributed by atoms with Crippen molar-refractivity contribution in [2.24, 2.45) is 0 Å². The lowest BCUT2D eigenvalue weighted by Crippen LogP contribution is -2.35. The third-order valence-electron chi connectivity index (χ3n) is 5.52. The normalized spacial score (nSPS) is 14.7. The number of benzene rings is 1. The van der Waals surface area contributed by atoms with Crippen molar-refractivity contribution in [1.82, 2.24) is 14.6 Å². The molecule has 0 atom stereocenters. The highest BCUT2D eigenvalue weighted by Crippen LogP contribution is 2.25. The predicted octanol–water partition coefficient (Wildman–Crippen LogP) is 4.19. The van der Waals surface area contributed by atoms with E-state index in [2.05, 4.69) is 10.3 Å². The summed E-state index contributed by atoms with van der Waals surface area (Å²) in [6.45, 7) is 5.12. The first-order valence-electron chi connectivity index (χ1n) is 10.9. The van der Waals surface area contributed by atoms with Gasteiger partial charge in [-0.25, -0.2) is 13.4 Å². The SMILES string of the molecule is Cc1ccc(C)c(Oc2ccc(CNC(=O)c3ccc(S(=O)(=O)N4CCCCC4)o3)cn2)c1. The highest BCUT2D eigenvalue weighted by molar-refractivity contribution is 7.89. The Morgan fingerprint density at radius 3 is 2.61 bits per heavy atom. The number of carbonyl (C=O) groups is 1. The van der Waals surface area contributed by atoms with Crippen LogP contribution >= 0.6 is 0 Å². The van der Waals surface area contributed by atoms with E-state index >= 15 is 0 Å². The van der Waals surface area contributed by atoms with Crippen molar-refractivity contribution in [3.63, 3.8) is 0 Å². The number of hydrogen-bond donors (Lipinski definition) is 1. The molecule has 0 saturated carbocycles. The number of furan rings is 1. The standard InChI is InChI=1S/C24H27N3O5S/c1-17-6-7-18(2)21(14-17)31-22-10-8-19(15-25-22)16-26-24(28)20-9-11-23(32-20)33(29,30)27-12-4-3-5-13-27/h6-11,14-15H,3-5,12-13,16H2,1-2H3,(H,26,28). The van der Waals surface area contributed by atoms with Crippen molar-refractivity contribution in [3.05, 3.63) is 71.1 Å². The quantitative estimate of drug-likeness (QED) is 0.557. The highest BCUT2D eigenvalue weighted by Gasteiger charge is 2.29. The first-order valence-corrected chi connectivity index (χ1v) is 12.4. The molecule has 174 valence electrons. The number of pyridine rings is 1. The number of nitrogens with one attached hydrogen (secondary N) is 1. The second kappa shape index (κ2) is 9.76. The van der Waals surface area contributed by atoms with Gasteiger partial charge in [0.15, 0.2) is 5.76 Å². The molecule has 4 rings (SSSR count). The van der Waals surface area contributed by atoms with Crippen LogP contribution in [0.2, 0.25) is 0 Å². The first-order chi connectivity index (χ1) is 15.8. The van der Waals surface area contributed by atoms with Crippen LogP contribution in [0, 0.1) is 13.8 Å². The number of aromatic nitrogens is 1. The lowest BCUT2D eigenvalue weighted by Gasteiger charge is -2.24. The summed E-state index contributed by atoms with van der Waals surface area (Å²) in [7, 11) is -3.72. The van der Waals surface area contributed by atoms with Crippen LogP contribution in [0.25, 0.3) is 0 Å². The Balaban J connectivity index is 1.35. The van der Waals surface area contributed by atoms with Crippen molar-refractivity contribution in [1.29, 1.82) is 0 Å². The minimum Gasteiger partial charge on any atom is -0.439 e. The molecule has 1 aliphatic heterocycles. The van der Waals surface area contributed by atoms with Crippen molar-refractivity contribution < 1.29 is 22.4 Å². The van der Waals surface area contributed by atoms with Crippen molar-refractivity contribution in [2.45, 2.75) is 44.7 Å². The maximum atomic E-state index is 12.7.